The fourth-order valence-corrected chi connectivity index (χ4v) is 3.93. The first kappa shape index (κ1) is 20.7. The standard InChI is InChI=1S/C27H26N2O2/c1-18(2)23-15-22-10-6-12-29-26(22)24(16-23)20-8-4-9-21(14-20)25(27(30)31-3)13-19-7-5-11-28-17-19/h4-12,14-18,25H,13H2,1-3H3. The lowest BCUT2D eigenvalue weighted by Gasteiger charge is -2.17. The molecule has 4 nitrogen and oxygen atoms in total. The van der Waals surface area contributed by atoms with Crippen molar-refractivity contribution >= 4 is 16.9 Å². The first-order chi connectivity index (χ1) is 15.1. The van der Waals surface area contributed by atoms with E-state index in [-0.39, 0.29) is 5.97 Å². The largest absolute Gasteiger partial charge is 0.469 e. The summed E-state index contributed by atoms with van der Waals surface area (Å²) in [5.41, 5.74) is 6.27. The highest BCUT2D eigenvalue weighted by Gasteiger charge is 2.23. The number of nitrogens with zero attached hydrogens (tertiary/aromatic N) is 2. The second-order valence-corrected chi connectivity index (χ2v) is 8.06. The molecule has 1 unspecified atom stereocenters. The van der Waals surface area contributed by atoms with E-state index in [4.69, 9.17) is 4.74 Å². The molecule has 156 valence electrons. The minimum Gasteiger partial charge on any atom is -0.469 e. The molecule has 0 N–H and O–H groups in total. The molecule has 0 aliphatic heterocycles. The maximum atomic E-state index is 12.7. The first-order valence-electron chi connectivity index (χ1n) is 10.5. The van der Waals surface area contributed by atoms with Crippen LogP contribution >= 0.6 is 0 Å². The predicted molar refractivity (Wildman–Crippen MR) is 124 cm³/mol. The maximum Gasteiger partial charge on any atom is 0.313 e. The van der Waals surface area contributed by atoms with Crippen LogP contribution < -0.4 is 0 Å². The van der Waals surface area contributed by atoms with Gasteiger partial charge in [0.2, 0.25) is 0 Å². The molecule has 31 heavy (non-hydrogen) atoms. The Kier molecular flexibility index (Phi) is 6.08. The third-order valence-corrected chi connectivity index (χ3v) is 5.64. The van der Waals surface area contributed by atoms with Gasteiger partial charge in [-0.1, -0.05) is 50.2 Å². The van der Waals surface area contributed by atoms with E-state index in [1.54, 1.807) is 12.4 Å². The fraction of sp³-hybridized carbons (Fsp3) is 0.222. The van der Waals surface area contributed by atoms with Gasteiger partial charge in [0.25, 0.3) is 0 Å². The molecule has 4 rings (SSSR count). The second-order valence-electron chi connectivity index (χ2n) is 8.06. The Morgan fingerprint density at radius 1 is 0.968 bits per heavy atom. The predicted octanol–water partition coefficient (Wildman–Crippen LogP) is 5.92. The van der Waals surface area contributed by atoms with Crippen molar-refractivity contribution in [3.05, 3.63) is 95.9 Å². The third kappa shape index (κ3) is 4.48. The molecule has 4 heteroatoms. The van der Waals surface area contributed by atoms with Crippen LogP contribution in [0.1, 0.15) is 42.4 Å². The van der Waals surface area contributed by atoms with Crippen molar-refractivity contribution in [2.24, 2.45) is 0 Å². The Labute approximate surface area is 182 Å². The van der Waals surface area contributed by atoms with E-state index < -0.39 is 5.92 Å². The van der Waals surface area contributed by atoms with Gasteiger partial charge in [-0.15, -0.1) is 0 Å². The van der Waals surface area contributed by atoms with Gasteiger partial charge < -0.3 is 4.74 Å². The van der Waals surface area contributed by atoms with Gasteiger partial charge in [0, 0.05) is 29.5 Å². The van der Waals surface area contributed by atoms with Crippen LogP contribution in [0, 0.1) is 0 Å². The van der Waals surface area contributed by atoms with Crippen LogP contribution in [-0.4, -0.2) is 23.0 Å². The van der Waals surface area contributed by atoms with Gasteiger partial charge in [-0.2, -0.15) is 0 Å². The van der Waals surface area contributed by atoms with Crippen LogP contribution in [-0.2, 0) is 16.0 Å². The molecule has 2 aromatic heterocycles. The Hall–Kier alpha value is -3.53. The average Bonchev–Trinajstić information content (AvgIpc) is 2.82. The van der Waals surface area contributed by atoms with Gasteiger partial charge in [-0.3, -0.25) is 14.8 Å². The molecule has 4 aromatic rings. The smallest absolute Gasteiger partial charge is 0.313 e. The highest BCUT2D eigenvalue weighted by Crippen LogP contribution is 2.33. The van der Waals surface area contributed by atoms with E-state index in [1.165, 1.54) is 12.7 Å². The zero-order valence-corrected chi connectivity index (χ0v) is 18.1. The number of carbonyl (C=O) groups excluding carboxylic acids is 1. The number of fused-ring (bicyclic) bond motifs is 1. The number of hydrogen-bond donors (Lipinski definition) is 0. The molecule has 2 heterocycles. The normalized spacial score (nSPS) is 12.1. The zero-order valence-electron chi connectivity index (χ0n) is 18.1. The lowest BCUT2D eigenvalue weighted by Crippen LogP contribution is -2.17. The summed E-state index contributed by atoms with van der Waals surface area (Å²) in [6, 6.07) is 20.5. The maximum absolute atomic E-state index is 12.7. The van der Waals surface area contributed by atoms with Crippen LogP contribution in [0.2, 0.25) is 0 Å². The summed E-state index contributed by atoms with van der Waals surface area (Å²) in [5.74, 6) is -0.249. The van der Waals surface area contributed by atoms with Crippen molar-refractivity contribution in [2.45, 2.75) is 32.1 Å². The molecule has 0 aliphatic carbocycles. The third-order valence-electron chi connectivity index (χ3n) is 5.64. The van der Waals surface area contributed by atoms with Gasteiger partial charge in [0.15, 0.2) is 0 Å². The monoisotopic (exact) mass is 410 g/mol. The quantitative estimate of drug-likeness (QED) is 0.370. The molecular formula is C27H26N2O2. The second kappa shape index (κ2) is 9.09. The van der Waals surface area contributed by atoms with Crippen LogP contribution in [0.25, 0.3) is 22.0 Å². The number of methoxy groups -OCH3 is 1. The topological polar surface area (TPSA) is 52.1 Å². The summed E-state index contributed by atoms with van der Waals surface area (Å²) in [6.45, 7) is 4.39. The van der Waals surface area contributed by atoms with Crippen molar-refractivity contribution in [2.75, 3.05) is 7.11 Å². The first-order valence-corrected chi connectivity index (χ1v) is 10.5. The van der Waals surface area contributed by atoms with E-state index in [0.29, 0.717) is 12.3 Å². The number of rotatable bonds is 6. The van der Waals surface area contributed by atoms with Gasteiger partial charge in [-0.25, -0.2) is 0 Å². The molecule has 0 saturated heterocycles. The Balaban J connectivity index is 1.81. The summed E-state index contributed by atoms with van der Waals surface area (Å²) < 4.78 is 5.13. The Bertz CT molecular complexity index is 1200. The van der Waals surface area contributed by atoms with E-state index in [9.17, 15) is 4.79 Å². The lowest BCUT2D eigenvalue weighted by atomic mass is 9.89. The van der Waals surface area contributed by atoms with E-state index >= 15 is 0 Å². The molecule has 0 amide bonds. The van der Waals surface area contributed by atoms with Crippen molar-refractivity contribution < 1.29 is 9.53 Å². The van der Waals surface area contributed by atoms with Crippen molar-refractivity contribution in [1.29, 1.82) is 0 Å². The van der Waals surface area contributed by atoms with Gasteiger partial charge in [-0.05, 0) is 58.9 Å². The number of esters is 1. The minimum absolute atomic E-state index is 0.250. The molecule has 0 radical (unpaired) electrons. The number of benzene rings is 2. The molecule has 0 bridgehead atoms. The Morgan fingerprint density at radius 3 is 2.55 bits per heavy atom. The molecule has 2 aromatic carbocycles. The SMILES string of the molecule is COC(=O)C(Cc1cccnc1)c1cccc(-c2cc(C(C)C)cc3cccnc23)c1. The number of aromatic nitrogens is 2. The summed E-state index contributed by atoms with van der Waals surface area (Å²) in [6.07, 6.45) is 5.89. The molecule has 0 spiro atoms. The summed E-state index contributed by atoms with van der Waals surface area (Å²) in [4.78, 5) is 21.5. The Morgan fingerprint density at radius 2 is 1.81 bits per heavy atom. The van der Waals surface area contributed by atoms with Crippen molar-refractivity contribution in [3.63, 3.8) is 0 Å². The number of pyridine rings is 2. The van der Waals surface area contributed by atoms with Crippen LogP contribution in [0.3, 0.4) is 0 Å². The van der Waals surface area contributed by atoms with E-state index in [2.05, 4.69) is 54.1 Å². The minimum atomic E-state index is -0.401. The zero-order chi connectivity index (χ0) is 21.8. The van der Waals surface area contributed by atoms with Crippen LogP contribution in [0.15, 0.2) is 79.3 Å². The number of ether oxygens (including phenoxy) is 1. The van der Waals surface area contributed by atoms with Gasteiger partial charge in [0.1, 0.15) is 0 Å². The van der Waals surface area contributed by atoms with Crippen LogP contribution in [0.5, 0.6) is 0 Å². The average molecular weight is 411 g/mol. The van der Waals surface area contributed by atoms with Crippen molar-refractivity contribution in [1.82, 2.24) is 9.97 Å². The summed E-state index contributed by atoms with van der Waals surface area (Å²) in [7, 11) is 1.44. The summed E-state index contributed by atoms with van der Waals surface area (Å²) >= 11 is 0. The summed E-state index contributed by atoms with van der Waals surface area (Å²) in [5, 5.41) is 1.12. The van der Waals surface area contributed by atoms with Gasteiger partial charge in [0.05, 0.1) is 18.5 Å². The number of hydrogen-bond acceptors (Lipinski definition) is 4. The fourth-order valence-electron chi connectivity index (χ4n) is 3.93. The highest BCUT2D eigenvalue weighted by molar-refractivity contribution is 5.94. The van der Waals surface area contributed by atoms with E-state index in [1.807, 2.05) is 36.5 Å². The molecule has 0 saturated carbocycles. The molecule has 1 atom stereocenters. The van der Waals surface area contributed by atoms with Gasteiger partial charge >= 0.3 is 5.97 Å². The van der Waals surface area contributed by atoms with E-state index in [0.717, 1.165) is 33.2 Å². The van der Waals surface area contributed by atoms with Crippen LogP contribution in [0.4, 0.5) is 0 Å². The van der Waals surface area contributed by atoms with Crippen molar-refractivity contribution in [3.8, 4) is 11.1 Å². The molecule has 0 aliphatic rings. The molecular weight excluding hydrogens is 384 g/mol. The highest BCUT2D eigenvalue weighted by atomic mass is 16.5. The number of carbonyl (C=O) groups is 1. The lowest BCUT2D eigenvalue weighted by molar-refractivity contribution is -0.142. The molecule has 0 fully saturated rings.